The van der Waals surface area contributed by atoms with Gasteiger partial charge >= 0.3 is 0 Å². The fourth-order valence-electron chi connectivity index (χ4n) is 5.50. The minimum Gasteiger partial charge on any atom is -0.338 e. The summed E-state index contributed by atoms with van der Waals surface area (Å²) in [5.41, 5.74) is 2.99. The first-order chi connectivity index (χ1) is 16.5. The number of amides is 2. The molecule has 1 saturated heterocycles. The quantitative estimate of drug-likeness (QED) is 0.401. The molecule has 0 aromatic heterocycles. The molecule has 2 amide bonds. The molecule has 2 aromatic carbocycles. The molecule has 0 radical (unpaired) electrons. The van der Waals surface area contributed by atoms with Gasteiger partial charge in [0.1, 0.15) is 0 Å². The molecule has 4 rings (SSSR count). The van der Waals surface area contributed by atoms with Gasteiger partial charge in [-0.3, -0.25) is 9.59 Å². The topological polar surface area (TPSA) is 49.4 Å². The van der Waals surface area contributed by atoms with Crippen molar-refractivity contribution in [3.05, 3.63) is 64.2 Å². The first-order valence-electron chi connectivity index (χ1n) is 13.0. The number of rotatable bonds is 8. The maximum absolute atomic E-state index is 13.1. The van der Waals surface area contributed by atoms with Crippen molar-refractivity contribution in [1.82, 2.24) is 4.90 Å². The lowest BCUT2D eigenvalue weighted by Crippen LogP contribution is -2.44. The van der Waals surface area contributed by atoms with Crippen molar-refractivity contribution >= 4 is 29.1 Å². The van der Waals surface area contributed by atoms with Gasteiger partial charge in [-0.05, 0) is 73.4 Å². The van der Waals surface area contributed by atoms with Crippen LogP contribution in [0, 0.1) is 11.8 Å². The number of halogens is 1. The van der Waals surface area contributed by atoms with Gasteiger partial charge in [0.15, 0.2) is 0 Å². The summed E-state index contributed by atoms with van der Waals surface area (Å²) in [5, 5.41) is 3.30. The Labute approximate surface area is 209 Å². The monoisotopic (exact) mass is 480 g/mol. The lowest BCUT2D eigenvalue weighted by atomic mass is 9.75. The second-order valence-electron chi connectivity index (χ2n) is 10.0. The first-order valence-corrected chi connectivity index (χ1v) is 13.4. The summed E-state index contributed by atoms with van der Waals surface area (Å²) in [7, 11) is 0. The van der Waals surface area contributed by atoms with Gasteiger partial charge in [-0.25, -0.2) is 0 Å². The predicted octanol–water partition coefficient (Wildman–Crippen LogP) is 7.37. The second kappa shape index (κ2) is 11.9. The van der Waals surface area contributed by atoms with Crippen LogP contribution in [0.5, 0.6) is 0 Å². The Hall–Kier alpha value is -2.33. The molecule has 2 atom stereocenters. The molecule has 1 heterocycles. The van der Waals surface area contributed by atoms with Crippen LogP contribution in [-0.4, -0.2) is 29.8 Å². The summed E-state index contributed by atoms with van der Waals surface area (Å²) in [4.78, 5) is 27.8. The van der Waals surface area contributed by atoms with E-state index in [0.29, 0.717) is 27.8 Å². The minimum absolute atomic E-state index is 0.00132. The average Bonchev–Trinajstić information content (AvgIpc) is 2.86. The standard InChI is InChI=1S/C29H37ClN2O2/c1-2-3-4-5-8-21-11-13-23(14-12-21)28(33)31-25-15-16-26(27(30)19-25)29(34)32-18-17-22-9-6-7-10-24(22)20-32/h11-16,19,22,24H,2-10,17-18,20H2,1H3,(H,31,33)/t22-,24+/m1/s1. The van der Waals surface area contributed by atoms with Gasteiger partial charge in [0.2, 0.25) is 0 Å². The van der Waals surface area contributed by atoms with Crippen molar-refractivity contribution < 1.29 is 9.59 Å². The number of anilines is 1. The molecule has 0 bridgehead atoms. The molecular formula is C29H37ClN2O2. The molecule has 1 aliphatic carbocycles. The summed E-state index contributed by atoms with van der Waals surface area (Å²) in [6, 6.07) is 13.0. The molecule has 5 heteroatoms. The SMILES string of the molecule is CCCCCCc1ccc(C(=O)Nc2ccc(C(=O)N3CC[C@H]4CCCC[C@H]4C3)c(Cl)c2)cc1. The zero-order valence-corrected chi connectivity index (χ0v) is 21.1. The maximum atomic E-state index is 13.1. The predicted molar refractivity (Wildman–Crippen MR) is 140 cm³/mol. The van der Waals surface area contributed by atoms with Crippen molar-refractivity contribution in [2.45, 2.75) is 71.1 Å². The largest absolute Gasteiger partial charge is 0.338 e. The van der Waals surface area contributed by atoms with E-state index in [1.54, 1.807) is 18.2 Å². The maximum Gasteiger partial charge on any atom is 0.255 e. The lowest BCUT2D eigenvalue weighted by Gasteiger charge is -2.41. The summed E-state index contributed by atoms with van der Waals surface area (Å²) >= 11 is 6.50. The fourth-order valence-corrected chi connectivity index (χ4v) is 5.77. The number of likely N-dealkylation sites (tertiary alicyclic amines) is 1. The van der Waals surface area contributed by atoms with Crippen LogP contribution in [0.1, 0.15) is 91.0 Å². The van der Waals surface area contributed by atoms with E-state index in [-0.39, 0.29) is 11.8 Å². The van der Waals surface area contributed by atoms with Gasteiger partial charge in [-0.15, -0.1) is 0 Å². The van der Waals surface area contributed by atoms with Gasteiger partial charge in [-0.1, -0.05) is 69.2 Å². The highest BCUT2D eigenvalue weighted by molar-refractivity contribution is 6.34. The third-order valence-electron chi connectivity index (χ3n) is 7.57. The highest BCUT2D eigenvalue weighted by atomic mass is 35.5. The number of hydrogen-bond donors (Lipinski definition) is 1. The summed E-state index contributed by atoms with van der Waals surface area (Å²) < 4.78 is 0. The molecule has 1 saturated carbocycles. The van der Waals surface area contributed by atoms with E-state index in [1.807, 2.05) is 29.2 Å². The number of nitrogens with zero attached hydrogens (tertiary/aromatic N) is 1. The molecule has 4 nitrogen and oxygen atoms in total. The van der Waals surface area contributed by atoms with Crippen LogP contribution in [0.4, 0.5) is 5.69 Å². The number of nitrogens with one attached hydrogen (secondary N) is 1. The second-order valence-corrected chi connectivity index (χ2v) is 10.4. The van der Waals surface area contributed by atoms with E-state index in [4.69, 9.17) is 11.6 Å². The third kappa shape index (κ3) is 6.21. The number of aryl methyl sites for hydroxylation is 1. The minimum atomic E-state index is -0.174. The number of hydrogen-bond acceptors (Lipinski definition) is 2. The van der Waals surface area contributed by atoms with Crippen LogP contribution in [0.15, 0.2) is 42.5 Å². The van der Waals surface area contributed by atoms with Crippen LogP contribution in [0.3, 0.4) is 0 Å². The number of unbranched alkanes of at least 4 members (excludes halogenated alkanes) is 3. The van der Waals surface area contributed by atoms with Gasteiger partial charge in [0, 0.05) is 24.3 Å². The van der Waals surface area contributed by atoms with Gasteiger partial charge < -0.3 is 10.2 Å². The number of benzene rings is 2. The third-order valence-corrected chi connectivity index (χ3v) is 7.88. The van der Waals surface area contributed by atoms with Crippen LogP contribution in [0.2, 0.25) is 5.02 Å². The Morgan fingerprint density at radius 1 is 0.971 bits per heavy atom. The van der Waals surface area contributed by atoms with E-state index in [0.717, 1.165) is 31.8 Å². The van der Waals surface area contributed by atoms with Gasteiger partial charge in [-0.2, -0.15) is 0 Å². The first kappa shape index (κ1) is 24.8. The molecule has 182 valence electrons. The Balaban J connectivity index is 1.33. The molecule has 2 aromatic rings. The average molecular weight is 481 g/mol. The van der Waals surface area contributed by atoms with E-state index >= 15 is 0 Å². The molecule has 34 heavy (non-hydrogen) atoms. The van der Waals surface area contributed by atoms with Crippen molar-refractivity contribution in [2.75, 3.05) is 18.4 Å². The van der Waals surface area contributed by atoms with Crippen molar-refractivity contribution in [2.24, 2.45) is 11.8 Å². The highest BCUT2D eigenvalue weighted by Crippen LogP contribution is 2.37. The molecule has 1 N–H and O–H groups in total. The van der Waals surface area contributed by atoms with Crippen LogP contribution in [-0.2, 0) is 6.42 Å². The van der Waals surface area contributed by atoms with E-state index in [2.05, 4.69) is 12.2 Å². The van der Waals surface area contributed by atoms with Crippen LogP contribution in [0.25, 0.3) is 0 Å². The van der Waals surface area contributed by atoms with E-state index < -0.39 is 0 Å². The summed E-state index contributed by atoms with van der Waals surface area (Å²) in [5.74, 6) is 1.24. The zero-order chi connectivity index (χ0) is 23.9. The Bertz CT molecular complexity index is 988. The zero-order valence-electron chi connectivity index (χ0n) is 20.3. The highest BCUT2D eigenvalue weighted by Gasteiger charge is 2.33. The van der Waals surface area contributed by atoms with Crippen LogP contribution >= 0.6 is 11.6 Å². The van der Waals surface area contributed by atoms with E-state index in [1.165, 1.54) is 56.9 Å². The van der Waals surface area contributed by atoms with Crippen molar-refractivity contribution in [1.29, 1.82) is 0 Å². The van der Waals surface area contributed by atoms with Crippen molar-refractivity contribution in [3.63, 3.8) is 0 Å². The van der Waals surface area contributed by atoms with Gasteiger partial charge in [0.25, 0.3) is 11.8 Å². The number of carbonyl (C=O) groups excluding carboxylic acids is 2. The van der Waals surface area contributed by atoms with Crippen LogP contribution < -0.4 is 5.32 Å². The molecule has 2 fully saturated rings. The number of piperidine rings is 1. The Morgan fingerprint density at radius 2 is 1.74 bits per heavy atom. The van der Waals surface area contributed by atoms with Gasteiger partial charge in [0.05, 0.1) is 10.6 Å². The Morgan fingerprint density at radius 3 is 2.47 bits per heavy atom. The summed E-state index contributed by atoms with van der Waals surface area (Å²) in [6.45, 7) is 3.86. The molecule has 2 aliphatic rings. The molecule has 0 unspecified atom stereocenters. The normalized spacial score (nSPS) is 20.0. The van der Waals surface area contributed by atoms with E-state index in [9.17, 15) is 9.59 Å². The molecule has 1 aliphatic heterocycles. The lowest BCUT2D eigenvalue weighted by molar-refractivity contribution is 0.0521. The smallest absolute Gasteiger partial charge is 0.255 e. The summed E-state index contributed by atoms with van der Waals surface area (Å²) in [6.07, 6.45) is 12.2. The number of fused-ring (bicyclic) bond motifs is 1. The Kier molecular flexibility index (Phi) is 8.66. The molecular weight excluding hydrogens is 444 g/mol. The number of carbonyl (C=O) groups is 2. The van der Waals surface area contributed by atoms with Crippen molar-refractivity contribution in [3.8, 4) is 0 Å². The fraction of sp³-hybridized carbons (Fsp3) is 0.517. The molecule has 0 spiro atoms.